The van der Waals surface area contributed by atoms with Gasteiger partial charge in [-0.1, -0.05) is 18.7 Å². The number of likely N-dealkylation sites (tertiary alicyclic amines) is 1. The number of amides is 2. The molecule has 44 heavy (non-hydrogen) atoms. The molecule has 2 fully saturated rings. The molecular weight excluding hydrogens is 564 g/mol. The predicted molar refractivity (Wildman–Crippen MR) is 162 cm³/mol. The first-order chi connectivity index (χ1) is 21.5. The van der Waals surface area contributed by atoms with Crippen LogP contribution in [0.25, 0.3) is 22.3 Å². The lowest BCUT2D eigenvalue weighted by Gasteiger charge is -2.32. The number of hydrogen-bond acceptors (Lipinski definition) is 10. The Bertz CT molecular complexity index is 1770. The van der Waals surface area contributed by atoms with Gasteiger partial charge in [-0.15, -0.1) is 0 Å². The van der Waals surface area contributed by atoms with Crippen LogP contribution in [0.5, 0.6) is 11.5 Å². The number of anilines is 2. The maximum absolute atomic E-state index is 13.4. The average Bonchev–Trinajstić information content (AvgIpc) is 3.72. The van der Waals surface area contributed by atoms with Crippen LogP contribution in [-0.4, -0.2) is 76.0 Å². The second-order valence-electron chi connectivity index (χ2n) is 10.9. The van der Waals surface area contributed by atoms with E-state index < -0.39 is 0 Å². The Labute approximate surface area is 253 Å². The number of piperidine rings is 1. The quantitative estimate of drug-likeness (QED) is 0.283. The van der Waals surface area contributed by atoms with Crippen molar-refractivity contribution < 1.29 is 23.8 Å². The summed E-state index contributed by atoms with van der Waals surface area (Å²) in [6.45, 7) is 6.86. The van der Waals surface area contributed by atoms with E-state index in [1.807, 2.05) is 28.9 Å². The van der Waals surface area contributed by atoms with E-state index in [1.165, 1.54) is 12.4 Å². The van der Waals surface area contributed by atoms with Crippen LogP contribution in [0, 0.1) is 0 Å². The lowest BCUT2D eigenvalue weighted by Crippen LogP contribution is -2.40. The summed E-state index contributed by atoms with van der Waals surface area (Å²) in [5.74, 6) is 0.690. The van der Waals surface area contributed by atoms with Crippen LogP contribution >= 0.6 is 0 Å². The lowest BCUT2D eigenvalue weighted by molar-refractivity contribution is -0.127. The van der Waals surface area contributed by atoms with Crippen LogP contribution in [-0.2, 0) is 9.53 Å². The van der Waals surface area contributed by atoms with Gasteiger partial charge < -0.3 is 35.5 Å². The molecule has 7 rings (SSSR count). The molecule has 5 heterocycles. The van der Waals surface area contributed by atoms with Crippen LogP contribution in [0.15, 0.2) is 55.4 Å². The molecule has 0 saturated carbocycles. The lowest BCUT2D eigenvalue weighted by atomic mass is 10.0. The van der Waals surface area contributed by atoms with E-state index in [2.05, 4.69) is 27.2 Å². The third-order valence-electron chi connectivity index (χ3n) is 8.22. The molecule has 1 unspecified atom stereocenters. The van der Waals surface area contributed by atoms with Crippen LogP contribution in [0.3, 0.4) is 0 Å². The van der Waals surface area contributed by atoms with E-state index >= 15 is 0 Å². The number of aromatic nitrogens is 4. The fraction of sp³-hybridized carbons (Fsp3) is 0.323. The Balaban J connectivity index is 1.22. The van der Waals surface area contributed by atoms with Crippen LogP contribution in [0.2, 0.25) is 0 Å². The molecule has 226 valence electrons. The smallest absolute Gasteiger partial charge is 0.255 e. The van der Waals surface area contributed by atoms with E-state index in [0.29, 0.717) is 71.3 Å². The molecule has 2 aromatic carbocycles. The molecule has 13 heteroatoms. The van der Waals surface area contributed by atoms with E-state index in [4.69, 9.17) is 25.0 Å². The van der Waals surface area contributed by atoms with Gasteiger partial charge in [-0.05, 0) is 48.7 Å². The highest BCUT2D eigenvalue weighted by atomic mass is 16.7. The molecule has 2 atom stereocenters. The van der Waals surface area contributed by atoms with Crippen molar-refractivity contribution in [1.29, 1.82) is 0 Å². The zero-order valence-corrected chi connectivity index (χ0v) is 24.0. The van der Waals surface area contributed by atoms with Crippen molar-refractivity contribution in [2.45, 2.75) is 25.0 Å². The number of carbonyl (C=O) groups excluding carboxylic acids is 2. The number of hydrogen-bond donors (Lipinski definition) is 3. The summed E-state index contributed by atoms with van der Waals surface area (Å²) < 4.78 is 19.5. The summed E-state index contributed by atoms with van der Waals surface area (Å²) in [6, 6.07) is 10.9. The van der Waals surface area contributed by atoms with Crippen molar-refractivity contribution in [1.82, 2.24) is 30.0 Å². The highest BCUT2D eigenvalue weighted by molar-refractivity contribution is 6.06. The molecule has 0 bridgehead atoms. The molecule has 4 aromatic rings. The number of fused-ring (bicyclic) bond motifs is 2. The van der Waals surface area contributed by atoms with Crippen LogP contribution in [0.1, 0.15) is 40.9 Å². The summed E-state index contributed by atoms with van der Waals surface area (Å²) >= 11 is 0. The molecule has 4 N–H and O–H groups in total. The minimum atomic E-state index is -0.288. The van der Waals surface area contributed by atoms with Gasteiger partial charge in [-0.2, -0.15) is 5.10 Å². The maximum atomic E-state index is 13.4. The zero-order chi connectivity index (χ0) is 30.2. The van der Waals surface area contributed by atoms with Crippen molar-refractivity contribution in [2.24, 2.45) is 0 Å². The molecule has 3 aliphatic rings. The first-order valence-corrected chi connectivity index (χ1v) is 14.6. The third kappa shape index (κ3) is 4.99. The van der Waals surface area contributed by atoms with Crippen molar-refractivity contribution in [3.63, 3.8) is 0 Å². The van der Waals surface area contributed by atoms with Crippen molar-refractivity contribution >= 4 is 34.4 Å². The van der Waals surface area contributed by atoms with Crippen LogP contribution < -0.4 is 25.8 Å². The Morgan fingerprint density at radius 3 is 2.89 bits per heavy atom. The number of ether oxygens (including phenoxy) is 3. The van der Waals surface area contributed by atoms with Crippen molar-refractivity contribution in [2.75, 3.05) is 50.6 Å². The molecular formula is C31H32N8O5. The number of nitrogens with one attached hydrogen (secondary N) is 2. The van der Waals surface area contributed by atoms with Gasteiger partial charge in [0.15, 0.2) is 17.1 Å². The summed E-state index contributed by atoms with van der Waals surface area (Å²) in [6.07, 6.45) is 4.26. The van der Waals surface area contributed by atoms with Gasteiger partial charge >= 0.3 is 0 Å². The Kier molecular flexibility index (Phi) is 7.32. The van der Waals surface area contributed by atoms with Gasteiger partial charge in [-0.25, -0.2) is 14.6 Å². The first-order valence-electron chi connectivity index (χ1n) is 14.6. The molecule has 13 nitrogen and oxygen atoms in total. The topological polar surface area (TPSA) is 159 Å². The van der Waals surface area contributed by atoms with E-state index in [9.17, 15) is 9.59 Å². The fourth-order valence-electron chi connectivity index (χ4n) is 6.06. The van der Waals surface area contributed by atoms with Crippen molar-refractivity contribution in [3.05, 3.63) is 66.5 Å². The number of nitrogen functional groups attached to an aromatic ring is 1. The molecule has 0 spiro atoms. The van der Waals surface area contributed by atoms with Gasteiger partial charge in [0, 0.05) is 37.3 Å². The number of rotatable bonds is 6. The Morgan fingerprint density at radius 2 is 2.05 bits per heavy atom. The summed E-state index contributed by atoms with van der Waals surface area (Å²) in [5, 5.41) is 11.8. The average molecular weight is 597 g/mol. The fourth-order valence-corrected chi connectivity index (χ4v) is 6.06. The molecule has 0 radical (unpaired) electrons. The van der Waals surface area contributed by atoms with Crippen molar-refractivity contribution in [3.8, 4) is 22.8 Å². The number of carbonyl (C=O) groups is 2. The van der Waals surface area contributed by atoms with Gasteiger partial charge in [0.25, 0.3) is 5.91 Å². The monoisotopic (exact) mass is 596 g/mol. The zero-order valence-electron chi connectivity index (χ0n) is 24.0. The second-order valence-corrected chi connectivity index (χ2v) is 10.9. The normalized spacial score (nSPS) is 19.6. The Morgan fingerprint density at radius 1 is 1.16 bits per heavy atom. The van der Waals surface area contributed by atoms with Gasteiger partial charge in [0.1, 0.15) is 17.8 Å². The largest absolute Gasteiger partial charge is 0.453 e. The molecule has 0 aliphatic carbocycles. The predicted octanol–water partition coefficient (Wildman–Crippen LogP) is 3.07. The standard InChI is InChI=1S/C31H32N8O5/c1-2-24(40)38-11-4-7-20(15-38)39-30-25(29(32)34-16-35-30)26(37-39)21-8-9-22(28-27(21)43-17-44-28)36-31(41)19-6-3-5-18(13-19)23-14-33-10-12-42-23/h2-3,5-6,8-9,13,16,20,23,33H,1,4,7,10-12,14-15,17H2,(H,36,41)(H2,32,34,35)/t20?,23-/m0/s1. The Hall–Kier alpha value is -5.01. The SMILES string of the molecule is C=CC(=O)N1CCCC(n2nc(-c3ccc(NC(=O)c4cccc([C@@H]5CNCCO5)c4)c4c3OCO4)c3c(N)ncnc32)C1. The van der Waals surface area contributed by atoms with Gasteiger partial charge in [0.2, 0.25) is 12.7 Å². The maximum Gasteiger partial charge on any atom is 0.255 e. The summed E-state index contributed by atoms with van der Waals surface area (Å²) in [7, 11) is 0. The molecule has 3 aliphatic heterocycles. The van der Waals surface area contributed by atoms with E-state index in [-0.39, 0.29) is 36.6 Å². The number of benzene rings is 2. The highest BCUT2D eigenvalue weighted by Gasteiger charge is 2.31. The van der Waals surface area contributed by atoms with E-state index in [1.54, 1.807) is 17.0 Å². The second kappa shape index (κ2) is 11.6. The molecule has 2 aromatic heterocycles. The third-order valence-corrected chi connectivity index (χ3v) is 8.22. The highest BCUT2D eigenvalue weighted by Crippen LogP contribution is 2.48. The number of nitrogens with zero attached hydrogens (tertiary/aromatic N) is 5. The van der Waals surface area contributed by atoms with Gasteiger partial charge in [0.05, 0.1) is 29.8 Å². The molecule has 2 amide bonds. The number of nitrogens with two attached hydrogens (primary N) is 1. The summed E-state index contributed by atoms with van der Waals surface area (Å²) in [5.41, 5.74) is 9.99. The molecule has 2 saturated heterocycles. The minimum absolute atomic E-state index is 0.0252. The van der Waals surface area contributed by atoms with Gasteiger partial charge in [-0.3, -0.25) is 9.59 Å². The van der Waals surface area contributed by atoms with Crippen LogP contribution in [0.4, 0.5) is 11.5 Å². The number of morpholine rings is 1. The summed E-state index contributed by atoms with van der Waals surface area (Å²) in [4.78, 5) is 36.2. The minimum Gasteiger partial charge on any atom is -0.453 e. The van der Waals surface area contributed by atoms with E-state index in [0.717, 1.165) is 24.9 Å². The first kappa shape index (κ1) is 27.8.